The average molecular weight is 439 g/mol. The molecule has 1 unspecified atom stereocenters. The van der Waals surface area contributed by atoms with Crippen molar-refractivity contribution in [3.05, 3.63) is 46.4 Å². The molecule has 154 valence electrons. The van der Waals surface area contributed by atoms with E-state index in [0.29, 0.717) is 38.5 Å². The second-order valence-electron chi connectivity index (χ2n) is 6.52. The van der Waals surface area contributed by atoms with Crippen LogP contribution in [0.5, 0.6) is 11.5 Å². The standard InChI is InChI=1S/C20H20Cl2N2O5/c1-11(2)28-18-6-3-12(7-17(18)22)19-23-20(29-24-19)15-5-4-14(8-16(15)21)27-10-13(26)9-25/h3-8,11,13,25-26H,9-10H2,1-2H3. The van der Waals surface area contributed by atoms with Crippen LogP contribution in [0.4, 0.5) is 0 Å². The molecule has 0 aliphatic heterocycles. The van der Waals surface area contributed by atoms with Crippen LogP contribution in [0.3, 0.4) is 0 Å². The summed E-state index contributed by atoms with van der Waals surface area (Å²) in [6, 6.07) is 10.2. The minimum Gasteiger partial charge on any atom is -0.491 e. The first-order chi connectivity index (χ1) is 13.9. The van der Waals surface area contributed by atoms with Gasteiger partial charge >= 0.3 is 0 Å². The fraction of sp³-hybridized carbons (Fsp3) is 0.300. The molecule has 7 nitrogen and oxygen atoms in total. The fourth-order valence-corrected chi connectivity index (χ4v) is 2.92. The third-order valence-electron chi connectivity index (χ3n) is 3.80. The molecule has 0 spiro atoms. The molecule has 1 heterocycles. The van der Waals surface area contributed by atoms with Crippen LogP contribution in [0.15, 0.2) is 40.9 Å². The fourth-order valence-electron chi connectivity index (χ4n) is 2.44. The summed E-state index contributed by atoms with van der Waals surface area (Å²) in [5, 5.41) is 23.0. The van der Waals surface area contributed by atoms with Crippen LogP contribution in [-0.2, 0) is 0 Å². The molecule has 29 heavy (non-hydrogen) atoms. The first-order valence-corrected chi connectivity index (χ1v) is 9.65. The molecule has 2 aromatic carbocycles. The number of nitrogens with zero attached hydrogens (tertiary/aromatic N) is 2. The summed E-state index contributed by atoms with van der Waals surface area (Å²) in [7, 11) is 0. The van der Waals surface area contributed by atoms with Crippen LogP contribution in [0.1, 0.15) is 13.8 Å². The number of hydrogen-bond acceptors (Lipinski definition) is 7. The molecule has 3 rings (SSSR count). The molecule has 0 saturated carbocycles. The highest BCUT2D eigenvalue weighted by Gasteiger charge is 2.16. The summed E-state index contributed by atoms with van der Waals surface area (Å²) in [5.41, 5.74) is 1.21. The van der Waals surface area contributed by atoms with Gasteiger partial charge in [-0.25, -0.2) is 0 Å². The predicted molar refractivity (Wildman–Crippen MR) is 110 cm³/mol. The number of halogens is 2. The molecule has 0 aliphatic carbocycles. The lowest BCUT2D eigenvalue weighted by atomic mass is 10.2. The summed E-state index contributed by atoms with van der Waals surface area (Å²) >= 11 is 12.6. The van der Waals surface area contributed by atoms with Crippen molar-refractivity contribution in [3.8, 4) is 34.3 Å². The van der Waals surface area contributed by atoms with E-state index in [4.69, 9.17) is 42.3 Å². The summed E-state index contributed by atoms with van der Waals surface area (Å²) in [5.74, 6) is 1.63. The van der Waals surface area contributed by atoms with Crippen molar-refractivity contribution in [1.29, 1.82) is 0 Å². The summed E-state index contributed by atoms with van der Waals surface area (Å²) in [6.45, 7) is 3.41. The number of aromatic nitrogens is 2. The van der Waals surface area contributed by atoms with Crippen molar-refractivity contribution >= 4 is 23.2 Å². The monoisotopic (exact) mass is 438 g/mol. The molecular weight excluding hydrogens is 419 g/mol. The molecule has 3 aromatic rings. The van der Waals surface area contributed by atoms with Gasteiger partial charge in [-0.15, -0.1) is 0 Å². The third-order valence-corrected chi connectivity index (χ3v) is 4.41. The Morgan fingerprint density at radius 1 is 1.10 bits per heavy atom. The molecule has 0 aliphatic rings. The van der Waals surface area contributed by atoms with Gasteiger partial charge in [0.1, 0.15) is 24.2 Å². The quantitative estimate of drug-likeness (QED) is 0.542. The Kier molecular flexibility index (Phi) is 6.97. The maximum atomic E-state index is 9.35. The highest BCUT2D eigenvalue weighted by atomic mass is 35.5. The van der Waals surface area contributed by atoms with E-state index < -0.39 is 6.10 Å². The van der Waals surface area contributed by atoms with Gasteiger partial charge in [0.2, 0.25) is 5.82 Å². The Balaban J connectivity index is 1.78. The van der Waals surface area contributed by atoms with Crippen molar-refractivity contribution in [3.63, 3.8) is 0 Å². The van der Waals surface area contributed by atoms with Gasteiger partial charge < -0.3 is 24.2 Å². The van der Waals surface area contributed by atoms with Gasteiger partial charge in [0.15, 0.2) is 0 Å². The minimum atomic E-state index is -0.962. The number of ether oxygens (including phenoxy) is 2. The van der Waals surface area contributed by atoms with Gasteiger partial charge in [0.05, 0.1) is 28.3 Å². The van der Waals surface area contributed by atoms with E-state index >= 15 is 0 Å². The van der Waals surface area contributed by atoms with Crippen molar-refractivity contribution in [2.75, 3.05) is 13.2 Å². The number of hydrogen-bond donors (Lipinski definition) is 2. The summed E-state index contributed by atoms with van der Waals surface area (Å²) < 4.78 is 16.3. The zero-order chi connectivity index (χ0) is 21.0. The van der Waals surface area contributed by atoms with Crippen LogP contribution < -0.4 is 9.47 Å². The predicted octanol–water partition coefficient (Wildman–Crippen LogP) is 4.23. The van der Waals surface area contributed by atoms with Gasteiger partial charge in [0, 0.05) is 5.56 Å². The first kappa shape index (κ1) is 21.4. The SMILES string of the molecule is CC(C)Oc1ccc(-c2noc(-c3ccc(OCC(O)CO)cc3Cl)n2)cc1Cl. The van der Waals surface area contributed by atoms with Crippen LogP contribution in [-0.4, -0.2) is 45.8 Å². The Morgan fingerprint density at radius 3 is 2.55 bits per heavy atom. The molecule has 0 saturated heterocycles. The second-order valence-corrected chi connectivity index (χ2v) is 7.34. The number of aliphatic hydroxyl groups excluding tert-OH is 2. The summed E-state index contributed by atoms with van der Waals surface area (Å²) in [6.07, 6.45) is -0.952. The van der Waals surface area contributed by atoms with Crippen LogP contribution >= 0.6 is 23.2 Å². The molecular formula is C20H20Cl2N2O5. The lowest BCUT2D eigenvalue weighted by molar-refractivity contribution is 0.0536. The zero-order valence-corrected chi connectivity index (χ0v) is 17.3. The molecule has 0 bridgehead atoms. The molecule has 0 radical (unpaired) electrons. The third kappa shape index (κ3) is 5.39. The van der Waals surface area contributed by atoms with E-state index in [2.05, 4.69) is 10.1 Å². The second kappa shape index (κ2) is 9.45. The molecule has 0 amide bonds. The molecule has 1 atom stereocenters. The van der Waals surface area contributed by atoms with Gasteiger partial charge in [-0.3, -0.25) is 0 Å². The molecule has 2 N–H and O–H groups in total. The Hall–Kier alpha value is -2.32. The average Bonchev–Trinajstić information content (AvgIpc) is 3.17. The topological polar surface area (TPSA) is 97.8 Å². The van der Waals surface area contributed by atoms with Crippen LogP contribution in [0.2, 0.25) is 10.0 Å². The lowest BCUT2D eigenvalue weighted by Crippen LogP contribution is -2.21. The van der Waals surface area contributed by atoms with Gasteiger partial charge in [-0.1, -0.05) is 28.4 Å². The van der Waals surface area contributed by atoms with Crippen molar-refractivity contribution in [1.82, 2.24) is 10.1 Å². The van der Waals surface area contributed by atoms with E-state index in [1.165, 1.54) is 0 Å². The van der Waals surface area contributed by atoms with E-state index in [1.54, 1.807) is 36.4 Å². The Bertz CT molecular complexity index is 977. The molecule has 0 fully saturated rings. The molecule has 1 aromatic heterocycles. The van der Waals surface area contributed by atoms with Crippen molar-refractivity contribution < 1.29 is 24.2 Å². The smallest absolute Gasteiger partial charge is 0.259 e. The Morgan fingerprint density at radius 2 is 1.90 bits per heavy atom. The number of aliphatic hydroxyl groups is 2. The van der Waals surface area contributed by atoms with E-state index in [-0.39, 0.29) is 25.2 Å². The maximum absolute atomic E-state index is 9.35. The van der Waals surface area contributed by atoms with E-state index in [9.17, 15) is 5.11 Å². The highest BCUT2D eigenvalue weighted by Crippen LogP contribution is 2.33. The Labute approximate surface area is 177 Å². The highest BCUT2D eigenvalue weighted by molar-refractivity contribution is 6.33. The van der Waals surface area contributed by atoms with E-state index in [1.807, 2.05) is 13.8 Å². The van der Waals surface area contributed by atoms with Crippen LogP contribution in [0.25, 0.3) is 22.8 Å². The largest absolute Gasteiger partial charge is 0.491 e. The summed E-state index contributed by atoms with van der Waals surface area (Å²) in [4.78, 5) is 4.38. The van der Waals surface area contributed by atoms with E-state index in [0.717, 1.165) is 0 Å². The van der Waals surface area contributed by atoms with Gasteiger partial charge in [-0.05, 0) is 50.2 Å². The van der Waals surface area contributed by atoms with Gasteiger partial charge in [0.25, 0.3) is 5.89 Å². The minimum absolute atomic E-state index is 0.0103. The van der Waals surface area contributed by atoms with Crippen LogP contribution in [0, 0.1) is 0 Å². The number of rotatable bonds is 8. The van der Waals surface area contributed by atoms with Crippen molar-refractivity contribution in [2.45, 2.75) is 26.1 Å². The maximum Gasteiger partial charge on any atom is 0.259 e. The normalized spacial score (nSPS) is 12.2. The first-order valence-electron chi connectivity index (χ1n) is 8.89. The lowest BCUT2D eigenvalue weighted by Gasteiger charge is -2.11. The zero-order valence-electron chi connectivity index (χ0n) is 15.8. The van der Waals surface area contributed by atoms with Gasteiger partial charge in [-0.2, -0.15) is 4.98 Å². The van der Waals surface area contributed by atoms with Crippen molar-refractivity contribution in [2.24, 2.45) is 0 Å². The molecule has 9 heteroatoms. The number of benzene rings is 2.